The second-order valence-corrected chi connectivity index (χ2v) is 2.95. The van der Waals surface area contributed by atoms with Gasteiger partial charge in [-0.1, -0.05) is 0 Å². The van der Waals surface area contributed by atoms with Crippen molar-refractivity contribution in [3.05, 3.63) is 12.2 Å². The van der Waals surface area contributed by atoms with Gasteiger partial charge in [-0.25, -0.2) is 9.59 Å². The molecule has 0 atom stereocenters. The largest absolute Gasteiger partial charge is 0.455 e. The van der Waals surface area contributed by atoms with Crippen molar-refractivity contribution in [2.24, 2.45) is 0 Å². The van der Waals surface area contributed by atoms with Crippen LogP contribution in [0.3, 0.4) is 0 Å². The molecule has 0 aliphatic heterocycles. The van der Waals surface area contributed by atoms with Crippen LogP contribution in [0.4, 0.5) is 0 Å². The van der Waals surface area contributed by atoms with E-state index in [0.29, 0.717) is 0 Å². The molecule has 0 aromatic carbocycles. The van der Waals surface area contributed by atoms with Crippen molar-refractivity contribution in [1.82, 2.24) is 0 Å². The number of esters is 2. The number of rotatable bonds is 6. The summed E-state index contributed by atoms with van der Waals surface area (Å²) < 4.78 is 8.86. The average Bonchev–Trinajstić information content (AvgIpc) is 2.20. The van der Waals surface area contributed by atoms with Crippen molar-refractivity contribution in [1.29, 1.82) is 0 Å². The van der Waals surface area contributed by atoms with Crippen LogP contribution in [0.2, 0.25) is 0 Å². The minimum Gasteiger partial charge on any atom is -0.455 e. The molecular weight excluding hydrogens is 216 g/mol. The molecule has 0 amide bonds. The van der Waals surface area contributed by atoms with Crippen LogP contribution in [0.5, 0.6) is 0 Å². The molecule has 0 bridgehead atoms. The predicted molar refractivity (Wildman–Crippen MR) is 52.4 cm³/mol. The highest BCUT2D eigenvalue weighted by molar-refractivity contribution is 5.93. The molecule has 0 unspecified atom stereocenters. The normalized spacial score (nSPS) is 9.88. The minimum atomic E-state index is -0.824. The van der Waals surface area contributed by atoms with E-state index < -0.39 is 11.9 Å². The standard InChI is InChI=1S/C10H12O6/c1-7(11)5-15-9(13)3-4-10(14)16-6-8(2)12/h3-4H,5-6H2,1-2H3/b4-3+. The smallest absolute Gasteiger partial charge is 0.331 e. The first-order valence-corrected chi connectivity index (χ1v) is 4.42. The van der Waals surface area contributed by atoms with Crippen LogP contribution >= 0.6 is 0 Å². The van der Waals surface area contributed by atoms with Crippen LogP contribution in [-0.2, 0) is 28.7 Å². The van der Waals surface area contributed by atoms with Crippen molar-refractivity contribution in [3.8, 4) is 0 Å². The minimum absolute atomic E-state index is 0.305. The number of carbonyl (C=O) groups is 4. The van der Waals surface area contributed by atoms with Gasteiger partial charge in [0, 0.05) is 12.2 Å². The van der Waals surface area contributed by atoms with Gasteiger partial charge in [0.1, 0.15) is 13.2 Å². The summed E-state index contributed by atoms with van der Waals surface area (Å²) in [4.78, 5) is 42.6. The highest BCUT2D eigenvalue weighted by Crippen LogP contribution is 1.86. The van der Waals surface area contributed by atoms with Crippen LogP contribution in [0, 0.1) is 0 Å². The number of ketones is 2. The second kappa shape index (κ2) is 7.33. The highest BCUT2D eigenvalue weighted by atomic mass is 16.5. The topological polar surface area (TPSA) is 86.7 Å². The summed E-state index contributed by atoms with van der Waals surface area (Å²) in [5, 5.41) is 0. The van der Waals surface area contributed by atoms with Gasteiger partial charge in [-0.05, 0) is 13.8 Å². The molecule has 0 spiro atoms. The first-order chi connectivity index (χ1) is 7.41. The fraction of sp³-hybridized carbons (Fsp3) is 0.400. The summed E-state index contributed by atoms with van der Waals surface area (Å²) in [6.07, 6.45) is 1.65. The van der Waals surface area contributed by atoms with Gasteiger partial charge in [-0.15, -0.1) is 0 Å². The summed E-state index contributed by atoms with van der Waals surface area (Å²) in [5.41, 5.74) is 0. The summed E-state index contributed by atoms with van der Waals surface area (Å²) in [7, 11) is 0. The van der Waals surface area contributed by atoms with E-state index in [2.05, 4.69) is 9.47 Å². The zero-order chi connectivity index (χ0) is 12.6. The van der Waals surface area contributed by atoms with Crippen LogP contribution in [-0.4, -0.2) is 36.7 Å². The second-order valence-electron chi connectivity index (χ2n) is 2.95. The Morgan fingerprint density at radius 3 is 1.38 bits per heavy atom. The Kier molecular flexibility index (Phi) is 6.42. The van der Waals surface area contributed by atoms with E-state index >= 15 is 0 Å². The van der Waals surface area contributed by atoms with Crippen molar-refractivity contribution < 1.29 is 28.7 Å². The number of hydrogen-bond acceptors (Lipinski definition) is 6. The van der Waals surface area contributed by atoms with Crippen LogP contribution in [0.1, 0.15) is 13.8 Å². The maximum absolute atomic E-state index is 10.9. The molecule has 0 aliphatic carbocycles. The molecule has 0 aromatic heterocycles. The molecule has 0 N–H and O–H groups in total. The van der Waals surface area contributed by atoms with Gasteiger partial charge in [-0.3, -0.25) is 9.59 Å². The molecule has 0 rings (SSSR count). The van der Waals surface area contributed by atoms with Crippen molar-refractivity contribution in [2.45, 2.75) is 13.8 Å². The first kappa shape index (κ1) is 14.0. The third-order valence-electron chi connectivity index (χ3n) is 1.19. The summed E-state index contributed by atoms with van der Waals surface area (Å²) in [6.45, 7) is 1.84. The molecule has 0 saturated heterocycles. The first-order valence-electron chi connectivity index (χ1n) is 4.42. The van der Waals surface area contributed by atoms with E-state index in [-0.39, 0.29) is 24.8 Å². The van der Waals surface area contributed by atoms with E-state index in [1.165, 1.54) is 13.8 Å². The maximum atomic E-state index is 10.9. The fourth-order valence-corrected chi connectivity index (χ4v) is 0.578. The summed E-state index contributed by atoms with van der Waals surface area (Å²) in [5.74, 6) is -2.26. The number of Topliss-reactive ketones (excluding diaryl/α,β-unsaturated/α-hetero) is 2. The van der Waals surface area contributed by atoms with Gasteiger partial charge < -0.3 is 9.47 Å². The van der Waals surface area contributed by atoms with Gasteiger partial charge in [0.25, 0.3) is 0 Å². The molecule has 88 valence electrons. The molecule has 6 heteroatoms. The van der Waals surface area contributed by atoms with Gasteiger partial charge in [0.15, 0.2) is 11.6 Å². The van der Waals surface area contributed by atoms with Crippen molar-refractivity contribution in [3.63, 3.8) is 0 Å². The lowest BCUT2D eigenvalue weighted by molar-refractivity contribution is -0.144. The SMILES string of the molecule is CC(=O)COC(=O)/C=C/C(=O)OCC(C)=O. The number of ether oxygens (including phenoxy) is 2. The highest BCUT2D eigenvalue weighted by Gasteiger charge is 2.03. The zero-order valence-electron chi connectivity index (χ0n) is 9.02. The van der Waals surface area contributed by atoms with E-state index in [1.54, 1.807) is 0 Å². The van der Waals surface area contributed by atoms with Gasteiger partial charge >= 0.3 is 11.9 Å². The molecule has 6 nitrogen and oxygen atoms in total. The van der Waals surface area contributed by atoms with Gasteiger partial charge in [0.05, 0.1) is 0 Å². The van der Waals surface area contributed by atoms with Gasteiger partial charge in [-0.2, -0.15) is 0 Å². The number of hydrogen-bond donors (Lipinski definition) is 0. The third-order valence-corrected chi connectivity index (χ3v) is 1.19. The van der Waals surface area contributed by atoms with E-state index in [4.69, 9.17) is 0 Å². The average molecular weight is 228 g/mol. The number of carbonyl (C=O) groups excluding carboxylic acids is 4. The lowest BCUT2D eigenvalue weighted by Crippen LogP contribution is -2.11. The molecule has 0 aliphatic rings. The monoisotopic (exact) mass is 228 g/mol. The van der Waals surface area contributed by atoms with E-state index in [1.807, 2.05) is 0 Å². The lowest BCUT2D eigenvalue weighted by Gasteiger charge is -1.98. The Balaban J connectivity index is 3.88. The Morgan fingerprint density at radius 1 is 0.812 bits per heavy atom. The Hall–Kier alpha value is -1.98. The Morgan fingerprint density at radius 2 is 1.12 bits per heavy atom. The van der Waals surface area contributed by atoms with E-state index in [0.717, 1.165) is 12.2 Å². The van der Waals surface area contributed by atoms with Crippen molar-refractivity contribution in [2.75, 3.05) is 13.2 Å². The van der Waals surface area contributed by atoms with Gasteiger partial charge in [0.2, 0.25) is 0 Å². The van der Waals surface area contributed by atoms with Crippen LogP contribution in [0.25, 0.3) is 0 Å². The third kappa shape index (κ3) is 8.61. The Bertz CT molecular complexity index is 296. The van der Waals surface area contributed by atoms with Crippen LogP contribution in [0.15, 0.2) is 12.2 Å². The zero-order valence-corrected chi connectivity index (χ0v) is 9.02. The molecule has 0 fully saturated rings. The summed E-state index contributed by atoms with van der Waals surface area (Å²) in [6, 6.07) is 0. The predicted octanol–water partition coefficient (Wildman–Crippen LogP) is -0.193. The quantitative estimate of drug-likeness (QED) is 0.462. The molecule has 0 heterocycles. The molecule has 16 heavy (non-hydrogen) atoms. The van der Waals surface area contributed by atoms with E-state index in [9.17, 15) is 19.2 Å². The Labute approximate surface area is 92.2 Å². The van der Waals surface area contributed by atoms with Crippen molar-refractivity contribution >= 4 is 23.5 Å². The maximum Gasteiger partial charge on any atom is 0.331 e. The molecule has 0 aromatic rings. The fourth-order valence-electron chi connectivity index (χ4n) is 0.578. The molecule has 0 saturated carbocycles. The lowest BCUT2D eigenvalue weighted by atomic mass is 10.4. The molecular formula is C10H12O6. The summed E-state index contributed by atoms with van der Waals surface area (Å²) >= 11 is 0. The molecule has 0 radical (unpaired) electrons. The van der Waals surface area contributed by atoms with Crippen LogP contribution < -0.4 is 0 Å².